The molecule has 1 aliphatic rings. The van der Waals surface area contributed by atoms with Crippen LogP contribution in [0.3, 0.4) is 0 Å². The number of halogens is 1. The van der Waals surface area contributed by atoms with Crippen LogP contribution in [0.25, 0.3) is 16.7 Å². The summed E-state index contributed by atoms with van der Waals surface area (Å²) in [5.41, 5.74) is 5.68. The number of rotatable bonds is 9. The molecule has 0 aliphatic carbocycles. The molecule has 0 saturated carbocycles. The van der Waals surface area contributed by atoms with Gasteiger partial charge in [-0.2, -0.15) is 0 Å². The molecule has 4 rings (SSSR count). The molecule has 0 bridgehead atoms. The van der Waals surface area contributed by atoms with Crippen molar-refractivity contribution in [2.24, 2.45) is 11.8 Å². The summed E-state index contributed by atoms with van der Waals surface area (Å²) >= 11 is 0. The largest absolute Gasteiger partial charge is 0.480 e. The normalized spacial score (nSPS) is 21.0. The van der Waals surface area contributed by atoms with Crippen LogP contribution in [0.1, 0.15) is 75.0 Å². The molecule has 2 N–H and O–H groups in total. The van der Waals surface area contributed by atoms with E-state index in [1.807, 2.05) is 25.1 Å². The van der Waals surface area contributed by atoms with Crippen LogP contribution in [0.4, 0.5) is 4.39 Å². The van der Waals surface area contributed by atoms with Crippen molar-refractivity contribution in [1.82, 2.24) is 10.3 Å². The Morgan fingerprint density at radius 1 is 1.28 bits per heavy atom. The first-order chi connectivity index (χ1) is 17.4. The summed E-state index contributed by atoms with van der Waals surface area (Å²) in [4.78, 5) is 16.1. The lowest BCUT2D eigenvalue weighted by molar-refractivity contribution is -0.139. The predicted molar refractivity (Wildman–Crippen MR) is 141 cm³/mol. The van der Waals surface area contributed by atoms with E-state index in [0.717, 1.165) is 84.3 Å². The molecule has 1 aliphatic heterocycles. The quantitative estimate of drug-likeness (QED) is 0.339. The van der Waals surface area contributed by atoms with Crippen molar-refractivity contribution >= 4 is 22.6 Å². The Kier molecular flexibility index (Phi) is 8.57. The van der Waals surface area contributed by atoms with E-state index in [0.29, 0.717) is 18.3 Å². The van der Waals surface area contributed by atoms with Gasteiger partial charge in [-0.25, -0.2) is 9.37 Å². The Morgan fingerprint density at radius 3 is 2.86 bits per heavy atom. The highest BCUT2D eigenvalue weighted by Gasteiger charge is 2.28. The lowest BCUT2D eigenvalue weighted by atomic mass is 9.84. The van der Waals surface area contributed by atoms with Gasteiger partial charge in [0.15, 0.2) is 11.5 Å². The van der Waals surface area contributed by atoms with Gasteiger partial charge in [-0.15, -0.1) is 0 Å². The molecule has 192 valence electrons. The number of nitrogens with one attached hydrogen (secondary N) is 1. The van der Waals surface area contributed by atoms with Crippen LogP contribution in [0.5, 0.6) is 0 Å². The minimum absolute atomic E-state index is 0.224. The molecule has 5 nitrogen and oxygen atoms in total. The van der Waals surface area contributed by atoms with Crippen molar-refractivity contribution in [3.8, 4) is 0 Å². The van der Waals surface area contributed by atoms with Crippen molar-refractivity contribution < 1.29 is 18.7 Å². The number of hydrogen-bond donors (Lipinski definition) is 2. The zero-order valence-electron chi connectivity index (χ0n) is 21.5. The van der Waals surface area contributed by atoms with Gasteiger partial charge in [0.1, 0.15) is 17.4 Å². The summed E-state index contributed by atoms with van der Waals surface area (Å²) in [7, 11) is 0. The molecule has 2 aromatic carbocycles. The molecular formula is C30H37FN2O3. The molecule has 1 aromatic heterocycles. The van der Waals surface area contributed by atoms with Crippen LogP contribution in [-0.4, -0.2) is 28.6 Å². The Labute approximate surface area is 212 Å². The maximum atomic E-state index is 13.7. The number of carbonyl (C=O) groups is 1. The highest BCUT2D eigenvalue weighted by atomic mass is 19.1. The van der Waals surface area contributed by atoms with Crippen molar-refractivity contribution in [1.29, 1.82) is 0 Å². The lowest BCUT2D eigenvalue weighted by Crippen LogP contribution is -2.36. The summed E-state index contributed by atoms with van der Waals surface area (Å²) in [5, 5.41) is 12.5. The molecule has 3 aromatic rings. The molecule has 0 amide bonds. The van der Waals surface area contributed by atoms with Crippen molar-refractivity contribution in [2.75, 3.05) is 6.54 Å². The Hall–Kier alpha value is -2.99. The molecule has 3 unspecified atom stereocenters. The van der Waals surface area contributed by atoms with Crippen LogP contribution in [0, 0.1) is 24.6 Å². The van der Waals surface area contributed by atoms with Crippen molar-refractivity contribution in [3.05, 3.63) is 70.9 Å². The van der Waals surface area contributed by atoms with Crippen LogP contribution in [-0.2, 0) is 11.2 Å². The van der Waals surface area contributed by atoms with Gasteiger partial charge in [-0.05, 0) is 104 Å². The molecule has 2 heterocycles. The molecule has 0 spiro atoms. The number of carboxylic acid groups (broad SMARTS) is 1. The number of aliphatic carboxylic acids is 1. The number of allylic oxidation sites excluding steroid dienone is 1. The SMILES string of the molecule is CCCC=C(c1ccc2nc(CCCC3CCNC(C(=O)O)CC3C)oc2c1)c1ccc(F)cc1C. The fourth-order valence-electron chi connectivity index (χ4n) is 5.36. The minimum Gasteiger partial charge on any atom is -0.480 e. The first kappa shape index (κ1) is 26.1. The molecule has 0 radical (unpaired) electrons. The zero-order valence-corrected chi connectivity index (χ0v) is 21.5. The van der Waals surface area contributed by atoms with E-state index in [1.54, 1.807) is 6.07 Å². The van der Waals surface area contributed by atoms with E-state index in [2.05, 4.69) is 31.3 Å². The van der Waals surface area contributed by atoms with E-state index in [-0.39, 0.29) is 5.82 Å². The second kappa shape index (κ2) is 11.8. The van der Waals surface area contributed by atoms with Gasteiger partial charge in [0.05, 0.1) is 0 Å². The summed E-state index contributed by atoms with van der Waals surface area (Å²) in [6.07, 6.45) is 8.62. The van der Waals surface area contributed by atoms with Crippen molar-refractivity contribution in [3.63, 3.8) is 0 Å². The van der Waals surface area contributed by atoms with Crippen molar-refractivity contribution in [2.45, 2.75) is 71.8 Å². The number of nitrogens with zero attached hydrogens (tertiary/aromatic N) is 1. The van der Waals surface area contributed by atoms with Gasteiger partial charge in [0.25, 0.3) is 0 Å². The standard InChI is InChI=1S/C30H37FN2O3/c1-4-5-8-25(24-12-11-23(31)16-20(24)3)22-10-13-26-28(18-22)36-29(33-26)9-6-7-21-14-15-32-27(30(34)35)17-19(21)2/h8,10-13,16,18-19,21,27,32H,4-7,9,14-15,17H2,1-3H3,(H,34,35). The third-order valence-electron chi connectivity index (χ3n) is 7.44. The molecular weight excluding hydrogens is 455 g/mol. The summed E-state index contributed by atoms with van der Waals surface area (Å²) < 4.78 is 19.9. The highest BCUT2D eigenvalue weighted by Crippen LogP contribution is 2.31. The van der Waals surface area contributed by atoms with Crippen LogP contribution >= 0.6 is 0 Å². The van der Waals surface area contributed by atoms with E-state index < -0.39 is 12.0 Å². The van der Waals surface area contributed by atoms with Gasteiger partial charge in [0.2, 0.25) is 0 Å². The summed E-state index contributed by atoms with van der Waals surface area (Å²) in [5.74, 6) is 0.633. The number of carboxylic acids is 1. The number of aromatic nitrogens is 1. The molecule has 6 heteroatoms. The molecule has 3 atom stereocenters. The Morgan fingerprint density at radius 2 is 2.11 bits per heavy atom. The summed E-state index contributed by atoms with van der Waals surface area (Å²) in [6, 6.07) is 10.6. The third-order valence-corrected chi connectivity index (χ3v) is 7.44. The number of unbranched alkanes of at least 4 members (excludes halogenated alkanes) is 1. The van der Waals surface area contributed by atoms with Crippen LogP contribution in [0.15, 0.2) is 46.9 Å². The molecule has 1 fully saturated rings. The van der Waals surface area contributed by atoms with E-state index in [1.165, 1.54) is 6.07 Å². The zero-order chi connectivity index (χ0) is 25.7. The first-order valence-corrected chi connectivity index (χ1v) is 13.2. The van der Waals surface area contributed by atoms with E-state index in [9.17, 15) is 14.3 Å². The van der Waals surface area contributed by atoms with Crippen LogP contribution < -0.4 is 5.32 Å². The Balaban J connectivity index is 1.46. The second-order valence-electron chi connectivity index (χ2n) is 10.2. The fraction of sp³-hybridized carbons (Fsp3) is 0.467. The number of oxazole rings is 1. The van der Waals surface area contributed by atoms with Gasteiger partial charge in [0, 0.05) is 6.42 Å². The van der Waals surface area contributed by atoms with E-state index in [4.69, 9.17) is 9.40 Å². The Bertz CT molecular complexity index is 1230. The van der Waals surface area contributed by atoms with Gasteiger partial charge in [-0.3, -0.25) is 4.79 Å². The first-order valence-electron chi connectivity index (χ1n) is 13.2. The number of benzene rings is 2. The fourth-order valence-corrected chi connectivity index (χ4v) is 5.36. The van der Waals surface area contributed by atoms with Gasteiger partial charge >= 0.3 is 5.97 Å². The van der Waals surface area contributed by atoms with Gasteiger partial charge < -0.3 is 14.8 Å². The maximum Gasteiger partial charge on any atom is 0.320 e. The third kappa shape index (κ3) is 6.22. The average molecular weight is 493 g/mol. The lowest BCUT2D eigenvalue weighted by Gasteiger charge is -2.21. The summed E-state index contributed by atoms with van der Waals surface area (Å²) in [6.45, 7) is 7.00. The number of hydrogen-bond acceptors (Lipinski definition) is 4. The second-order valence-corrected chi connectivity index (χ2v) is 10.2. The maximum absolute atomic E-state index is 13.7. The highest BCUT2D eigenvalue weighted by molar-refractivity contribution is 5.86. The predicted octanol–water partition coefficient (Wildman–Crippen LogP) is 6.92. The monoisotopic (exact) mass is 492 g/mol. The number of fused-ring (bicyclic) bond motifs is 1. The smallest absolute Gasteiger partial charge is 0.320 e. The van der Waals surface area contributed by atoms with Gasteiger partial charge in [-0.1, -0.05) is 38.5 Å². The molecule has 36 heavy (non-hydrogen) atoms. The van der Waals surface area contributed by atoms with E-state index >= 15 is 0 Å². The number of aryl methyl sites for hydroxylation is 2. The molecule has 1 saturated heterocycles. The average Bonchev–Trinajstić information content (AvgIpc) is 3.15. The minimum atomic E-state index is -0.754. The topological polar surface area (TPSA) is 75.4 Å². The van der Waals surface area contributed by atoms with Crippen LogP contribution in [0.2, 0.25) is 0 Å².